The third-order valence-corrected chi connectivity index (χ3v) is 2.45. The van der Waals surface area contributed by atoms with E-state index >= 15 is 0 Å². The van der Waals surface area contributed by atoms with Crippen molar-refractivity contribution in [1.29, 1.82) is 0 Å². The van der Waals surface area contributed by atoms with E-state index in [1.807, 2.05) is 13.8 Å². The Balaban J connectivity index is 2.68. The van der Waals surface area contributed by atoms with Crippen LogP contribution in [0.3, 0.4) is 0 Å². The van der Waals surface area contributed by atoms with Gasteiger partial charge < -0.3 is 15.4 Å². The van der Waals surface area contributed by atoms with E-state index in [-0.39, 0.29) is 12.1 Å². The summed E-state index contributed by atoms with van der Waals surface area (Å²) in [6, 6.07) is 5.26. The summed E-state index contributed by atoms with van der Waals surface area (Å²) in [4.78, 5) is 11.4. The molecule has 0 atom stereocenters. The van der Waals surface area contributed by atoms with Crippen LogP contribution in [0, 0.1) is 0 Å². The molecule has 1 aromatic carbocycles. The molecule has 0 radical (unpaired) electrons. The summed E-state index contributed by atoms with van der Waals surface area (Å²) in [7, 11) is 1.60. The van der Waals surface area contributed by atoms with Crippen LogP contribution < -0.4 is 15.4 Å². The van der Waals surface area contributed by atoms with Crippen molar-refractivity contribution in [3.8, 4) is 5.75 Å². The molecule has 16 heavy (non-hydrogen) atoms. The third kappa shape index (κ3) is 3.73. The molecule has 2 amide bonds. The van der Waals surface area contributed by atoms with Gasteiger partial charge in [0.25, 0.3) is 0 Å². The summed E-state index contributed by atoms with van der Waals surface area (Å²) in [6.07, 6.45) is 0. The standard InChI is InChI=1S/C11H15BrN2O2/c1-7(2)13-11(15)14-8-4-5-10(16-3)9(12)6-8/h4-7H,1-3H3,(H2,13,14,15). The number of carbonyl (C=O) groups is 1. The summed E-state index contributed by atoms with van der Waals surface area (Å²) in [5, 5.41) is 5.47. The lowest BCUT2D eigenvalue weighted by Gasteiger charge is -2.11. The Bertz CT molecular complexity index is 380. The third-order valence-electron chi connectivity index (χ3n) is 1.83. The normalized spacial score (nSPS) is 10.1. The van der Waals surface area contributed by atoms with E-state index in [1.165, 1.54) is 0 Å². The fourth-order valence-electron chi connectivity index (χ4n) is 1.17. The number of nitrogens with one attached hydrogen (secondary N) is 2. The largest absolute Gasteiger partial charge is 0.496 e. The molecular weight excluding hydrogens is 272 g/mol. The molecule has 0 aromatic heterocycles. The number of amides is 2. The van der Waals surface area contributed by atoms with E-state index < -0.39 is 0 Å². The predicted molar refractivity (Wildman–Crippen MR) is 68.0 cm³/mol. The first-order valence-corrected chi connectivity index (χ1v) is 5.73. The first kappa shape index (κ1) is 12.8. The highest BCUT2D eigenvalue weighted by molar-refractivity contribution is 9.10. The molecule has 0 spiro atoms. The maximum atomic E-state index is 11.4. The zero-order valence-electron chi connectivity index (χ0n) is 9.50. The van der Waals surface area contributed by atoms with Crippen molar-refractivity contribution in [3.05, 3.63) is 22.7 Å². The van der Waals surface area contributed by atoms with Crippen molar-refractivity contribution in [2.24, 2.45) is 0 Å². The zero-order valence-corrected chi connectivity index (χ0v) is 11.1. The summed E-state index contributed by atoms with van der Waals surface area (Å²) in [5.74, 6) is 0.731. The average Bonchev–Trinajstić information content (AvgIpc) is 2.16. The molecule has 0 aliphatic carbocycles. The van der Waals surface area contributed by atoms with Crippen LogP contribution in [-0.2, 0) is 0 Å². The van der Waals surface area contributed by atoms with Crippen molar-refractivity contribution in [2.45, 2.75) is 19.9 Å². The number of ether oxygens (including phenoxy) is 1. The smallest absolute Gasteiger partial charge is 0.319 e. The first-order chi connectivity index (χ1) is 7.52. The van der Waals surface area contributed by atoms with Crippen molar-refractivity contribution in [3.63, 3.8) is 0 Å². The highest BCUT2D eigenvalue weighted by Gasteiger charge is 2.05. The number of anilines is 1. The van der Waals surface area contributed by atoms with Gasteiger partial charge in [-0.05, 0) is 48.0 Å². The number of hydrogen-bond acceptors (Lipinski definition) is 2. The fourth-order valence-corrected chi connectivity index (χ4v) is 1.71. The topological polar surface area (TPSA) is 50.4 Å². The fraction of sp³-hybridized carbons (Fsp3) is 0.364. The van der Waals surface area contributed by atoms with E-state index in [4.69, 9.17) is 4.74 Å². The van der Waals surface area contributed by atoms with Crippen LogP contribution in [0.4, 0.5) is 10.5 Å². The van der Waals surface area contributed by atoms with E-state index in [0.717, 1.165) is 10.2 Å². The van der Waals surface area contributed by atoms with Crippen LogP contribution in [0.1, 0.15) is 13.8 Å². The number of carbonyl (C=O) groups excluding carboxylic acids is 1. The quantitative estimate of drug-likeness (QED) is 0.898. The summed E-state index contributed by atoms with van der Waals surface area (Å²) >= 11 is 3.35. The minimum Gasteiger partial charge on any atom is -0.496 e. The molecule has 1 rings (SSSR count). The lowest BCUT2D eigenvalue weighted by Crippen LogP contribution is -2.34. The first-order valence-electron chi connectivity index (χ1n) is 4.94. The summed E-state index contributed by atoms with van der Waals surface area (Å²) in [5.41, 5.74) is 0.714. The number of hydrogen-bond donors (Lipinski definition) is 2. The highest BCUT2D eigenvalue weighted by Crippen LogP contribution is 2.27. The Kier molecular flexibility index (Phi) is 4.61. The summed E-state index contributed by atoms with van der Waals surface area (Å²) in [6.45, 7) is 3.81. The minimum absolute atomic E-state index is 0.113. The SMILES string of the molecule is COc1ccc(NC(=O)NC(C)C)cc1Br. The average molecular weight is 287 g/mol. The van der Waals surface area contributed by atoms with Gasteiger partial charge in [-0.2, -0.15) is 0 Å². The van der Waals surface area contributed by atoms with Crippen molar-refractivity contribution < 1.29 is 9.53 Å². The second kappa shape index (κ2) is 5.75. The van der Waals surface area contributed by atoms with Gasteiger partial charge in [0.2, 0.25) is 0 Å². The maximum Gasteiger partial charge on any atom is 0.319 e. The Morgan fingerprint density at radius 3 is 2.62 bits per heavy atom. The Hall–Kier alpha value is -1.23. The van der Waals surface area contributed by atoms with Crippen LogP contribution in [0.15, 0.2) is 22.7 Å². The van der Waals surface area contributed by atoms with Crippen LogP contribution in [0.2, 0.25) is 0 Å². The molecule has 0 saturated heterocycles. The van der Waals surface area contributed by atoms with Crippen LogP contribution in [0.25, 0.3) is 0 Å². The molecule has 88 valence electrons. The van der Waals surface area contributed by atoms with E-state index in [9.17, 15) is 4.79 Å². The van der Waals surface area contributed by atoms with Crippen LogP contribution >= 0.6 is 15.9 Å². The lowest BCUT2D eigenvalue weighted by atomic mass is 10.3. The van der Waals surface area contributed by atoms with E-state index in [2.05, 4.69) is 26.6 Å². The van der Waals surface area contributed by atoms with Crippen LogP contribution in [-0.4, -0.2) is 19.2 Å². The number of rotatable bonds is 3. The van der Waals surface area contributed by atoms with Gasteiger partial charge in [-0.3, -0.25) is 0 Å². The van der Waals surface area contributed by atoms with Gasteiger partial charge in [0.15, 0.2) is 0 Å². The van der Waals surface area contributed by atoms with Gasteiger partial charge in [0.1, 0.15) is 5.75 Å². The number of urea groups is 1. The molecule has 0 bridgehead atoms. The zero-order chi connectivity index (χ0) is 12.1. The molecule has 0 unspecified atom stereocenters. The van der Waals surface area contributed by atoms with Crippen molar-refractivity contribution >= 4 is 27.6 Å². The monoisotopic (exact) mass is 286 g/mol. The number of halogens is 1. The van der Waals surface area contributed by atoms with Gasteiger partial charge in [0, 0.05) is 11.7 Å². The number of benzene rings is 1. The Labute approximate surface area is 103 Å². The van der Waals surface area contributed by atoms with E-state index in [0.29, 0.717) is 5.69 Å². The molecule has 0 aliphatic heterocycles. The Morgan fingerprint density at radius 1 is 1.44 bits per heavy atom. The van der Waals surface area contributed by atoms with Gasteiger partial charge in [-0.15, -0.1) is 0 Å². The van der Waals surface area contributed by atoms with Crippen LogP contribution in [0.5, 0.6) is 5.75 Å². The van der Waals surface area contributed by atoms with Crippen molar-refractivity contribution in [1.82, 2.24) is 5.32 Å². The highest BCUT2D eigenvalue weighted by atomic mass is 79.9. The van der Waals surface area contributed by atoms with Gasteiger partial charge in [0.05, 0.1) is 11.6 Å². The van der Waals surface area contributed by atoms with Gasteiger partial charge in [-0.25, -0.2) is 4.79 Å². The molecule has 4 nitrogen and oxygen atoms in total. The second-order valence-electron chi connectivity index (χ2n) is 3.60. The second-order valence-corrected chi connectivity index (χ2v) is 4.46. The summed E-state index contributed by atoms with van der Waals surface area (Å²) < 4.78 is 5.90. The Morgan fingerprint density at radius 2 is 2.12 bits per heavy atom. The molecule has 0 fully saturated rings. The van der Waals surface area contributed by atoms with Gasteiger partial charge in [-0.1, -0.05) is 0 Å². The molecule has 5 heteroatoms. The number of methoxy groups -OCH3 is 1. The van der Waals surface area contributed by atoms with E-state index in [1.54, 1.807) is 25.3 Å². The molecule has 1 aromatic rings. The molecule has 0 saturated carbocycles. The molecular formula is C11H15BrN2O2. The lowest BCUT2D eigenvalue weighted by molar-refractivity contribution is 0.250. The van der Waals surface area contributed by atoms with Crippen molar-refractivity contribution in [2.75, 3.05) is 12.4 Å². The molecule has 2 N–H and O–H groups in total. The predicted octanol–water partition coefficient (Wildman–Crippen LogP) is 2.99. The van der Waals surface area contributed by atoms with Gasteiger partial charge >= 0.3 is 6.03 Å². The maximum absolute atomic E-state index is 11.4. The molecule has 0 aliphatic rings. The molecule has 0 heterocycles. The minimum atomic E-state index is -0.216.